The fourth-order valence-electron chi connectivity index (χ4n) is 1.50. The zero-order valence-corrected chi connectivity index (χ0v) is 7.29. The second kappa shape index (κ2) is 2.90. The van der Waals surface area contributed by atoms with E-state index >= 15 is 0 Å². The minimum atomic E-state index is -0.656. The fraction of sp³-hybridized carbons (Fsp3) is 0.100. The maximum atomic E-state index is 13.2. The van der Waals surface area contributed by atoms with Crippen LogP contribution in [-0.4, -0.2) is 23.3 Å². The minimum absolute atomic E-state index is 0.0196. The molecule has 2 amide bonds. The van der Waals surface area contributed by atoms with E-state index in [-0.39, 0.29) is 17.7 Å². The SMILES string of the molecule is [CH2]CN1C(=O)c2cccc(F)c2C1=O. The molecule has 0 unspecified atom stereocenters. The Hall–Kier alpha value is -1.71. The maximum absolute atomic E-state index is 13.2. The Morgan fingerprint density at radius 2 is 2.00 bits per heavy atom. The molecule has 1 aromatic rings. The summed E-state index contributed by atoms with van der Waals surface area (Å²) in [4.78, 5) is 23.9. The lowest BCUT2D eigenvalue weighted by Crippen LogP contribution is -2.29. The van der Waals surface area contributed by atoms with Crippen molar-refractivity contribution < 1.29 is 14.0 Å². The van der Waals surface area contributed by atoms with Gasteiger partial charge in [0.15, 0.2) is 0 Å². The average Bonchev–Trinajstić information content (AvgIpc) is 2.41. The van der Waals surface area contributed by atoms with Gasteiger partial charge in [0.25, 0.3) is 11.8 Å². The Kier molecular flexibility index (Phi) is 1.84. The predicted molar refractivity (Wildman–Crippen MR) is 47.1 cm³/mol. The van der Waals surface area contributed by atoms with Gasteiger partial charge in [-0.15, -0.1) is 0 Å². The Bertz CT molecular complexity index is 428. The van der Waals surface area contributed by atoms with Crippen LogP contribution in [-0.2, 0) is 0 Å². The van der Waals surface area contributed by atoms with Gasteiger partial charge in [-0.3, -0.25) is 14.5 Å². The number of benzene rings is 1. The molecule has 0 bridgehead atoms. The summed E-state index contributed by atoms with van der Waals surface area (Å²) in [5, 5.41) is 0. The third-order valence-electron chi connectivity index (χ3n) is 2.17. The van der Waals surface area contributed by atoms with E-state index in [9.17, 15) is 14.0 Å². The number of imide groups is 1. The third-order valence-corrected chi connectivity index (χ3v) is 2.17. The topological polar surface area (TPSA) is 37.4 Å². The Labute approximate surface area is 80.1 Å². The normalized spacial score (nSPS) is 14.9. The Morgan fingerprint density at radius 1 is 1.29 bits per heavy atom. The Balaban J connectivity index is 2.64. The number of carbonyl (C=O) groups is 2. The van der Waals surface area contributed by atoms with Crippen molar-refractivity contribution >= 4 is 11.8 Å². The zero-order valence-electron chi connectivity index (χ0n) is 7.29. The van der Waals surface area contributed by atoms with Gasteiger partial charge in [-0.2, -0.15) is 0 Å². The van der Waals surface area contributed by atoms with Crippen LogP contribution in [0.25, 0.3) is 0 Å². The molecular formula is C10H7FNO2. The van der Waals surface area contributed by atoms with E-state index in [1.807, 2.05) is 0 Å². The summed E-state index contributed by atoms with van der Waals surface area (Å²) in [6, 6.07) is 4.01. The molecule has 1 heterocycles. The summed E-state index contributed by atoms with van der Waals surface area (Å²) in [5.74, 6) is -1.73. The van der Waals surface area contributed by atoms with Crippen LogP contribution in [0, 0.1) is 12.7 Å². The average molecular weight is 192 g/mol. The van der Waals surface area contributed by atoms with Gasteiger partial charge in [-0.1, -0.05) is 6.07 Å². The number of amides is 2. The summed E-state index contributed by atoms with van der Waals surface area (Å²) >= 11 is 0. The number of fused-ring (bicyclic) bond motifs is 1. The van der Waals surface area contributed by atoms with Crippen molar-refractivity contribution in [2.24, 2.45) is 0 Å². The molecule has 0 spiro atoms. The number of hydrogen-bond acceptors (Lipinski definition) is 2. The van der Waals surface area contributed by atoms with Crippen molar-refractivity contribution in [2.75, 3.05) is 6.54 Å². The summed E-state index contributed by atoms with van der Waals surface area (Å²) < 4.78 is 13.2. The van der Waals surface area contributed by atoms with Crippen LogP contribution in [0.15, 0.2) is 18.2 Å². The lowest BCUT2D eigenvalue weighted by atomic mass is 10.1. The lowest BCUT2D eigenvalue weighted by molar-refractivity contribution is 0.0670. The molecule has 14 heavy (non-hydrogen) atoms. The third kappa shape index (κ3) is 0.968. The molecule has 3 nitrogen and oxygen atoms in total. The van der Waals surface area contributed by atoms with Crippen molar-refractivity contribution in [1.82, 2.24) is 4.90 Å². The smallest absolute Gasteiger partial charge is 0.264 e. The van der Waals surface area contributed by atoms with E-state index in [1.165, 1.54) is 12.1 Å². The number of halogens is 1. The van der Waals surface area contributed by atoms with Gasteiger partial charge in [-0.05, 0) is 19.1 Å². The largest absolute Gasteiger partial charge is 0.274 e. The van der Waals surface area contributed by atoms with Gasteiger partial charge in [-0.25, -0.2) is 4.39 Å². The van der Waals surface area contributed by atoms with Crippen LogP contribution in [0.2, 0.25) is 0 Å². The highest BCUT2D eigenvalue weighted by Gasteiger charge is 2.36. The molecule has 0 aliphatic carbocycles. The van der Waals surface area contributed by atoms with Gasteiger partial charge < -0.3 is 0 Å². The quantitative estimate of drug-likeness (QED) is 0.628. The zero-order chi connectivity index (χ0) is 10.3. The van der Waals surface area contributed by atoms with Crippen LogP contribution in [0.3, 0.4) is 0 Å². The molecule has 2 rings (SSSR count). The summed E-state index contributed by atoms with van der Waals surface area (Å²) in [5.41, 5.74) is -0.0141. The van der Waals surface area contributed by atoms with E-state index in [2.05, 4.69) is 6.92 Å². The monoisotopic (exact) mass is 192 g/mol. The van der Waals surface area contributed by atoms with Gasteiger partial charge in [0.05, 0.1) is 11.1 Å². The minimum Gasteiger partial charge on any atom is -0.274 e. The van der Waals surface area contributed by atoms with Gasteiger partial charge >= 0.3 is 0 Å². The highest BCUT2D eigenvalue weighted by Crippen LogP contribution is 2.24. The van der Waals surface area contributed by atoms with Gasteiger partial charge in [0.1, 0.15) is 5.82 Å². The van der Waals surface area contributed by atoms with Crippen molar-refractivity contribution in [2.45, 2.75) is 0 Å². The predicted octanol–water partition coefficient (Wildman–Crippen LogP) is 1.26. The highest BCUT2D eigenvalue weighted by molar-refractivity contribution is 6.21. The molecule has 1 radical (unpaired) electrons. The van der Waals surface area contributed by atoms with Gasteiger partial charge in [0.2, 0.25) is 0 Å². The molecule has 0 atom stereocenters. The second-order valence-corrected chi connectivity index (χ2v) is 2.92. The molecule has 4 heteroatoms. The molecule has 0 fully saturated rings. The molecule has 1 aliphatic rings. The second-order valence-electron chi connectivity index (χ2n) is 2.92. The standard InChI is InChI=1S/C10H7FNO2/c1-2-12-9(13)6-4-3-5-7(11)8(6)10(12)14/h3-5H,1-2H2. The number of hydrogen-bond donors (Lipinski definition) is 0. The molecule has 71 valence electrons. The number of nitrogens with zero attached hydrogens (tertiary/aromatic N) is 1. The van der Waals surface area contributed by atoms with Crippen molar-refractivity contribution in [3.63, 3.8) is 0 Å². The highest BCUT2D eigenvalue weighted by atomic mass is 19.1. The Morgan fingerprint density at radius 3 is 2.57 bits per heavy atom. The molecule has 1 aliphatic heterocycles. The van der Waals surface area contributed by atoms with E-state index in [1.54, 1.807) is 0 Å². The van der Waals surface area contributed by atoms with Crippen molar-refractivity contribution in [3.05, 3.63) is 42.1 Å². The van der Waals surface area contributed by atoms with Crippen LogP contribution in [0.1, 0.15) is 20.7 Å². The number of rotatable bonds is 1. The summed E-state index contributed by atoms with van der Waals surface area (Å²) in [7, 11) is 0. The van der Waals surface area contributed by atoms with Crippen LogP contribution >= 0.6 is 0 Å². The van der Waals surface area contributed by atoms with E-state index in [0.717, 1.165) is 11.0 Å². The first-order valence-corrected chi connectivity index (χ1v) is 4.10. The first kappa shape index (κ1) is 8.87. The summed E-state index contributed by atoms with van der Waals surface area (Å²) in [6.07, 6.45) is 0. The molecule has 1 aromatic carbocycles. The fourth-order valence-corrected chi connectivity index (χ4v) is 1.50. The maximum Gasteiger partial charge on any atom is 0.264 e. The van der Waals surface area contributed by atoms with E-state index < -0.39 is 17.6 Å². The van der Waals surface area contributed by atoms with Crippen LogP contribution in [0.5, 0.6) is 0 Å². The van der Waals surface area contributed by atoms with Crippen LogP contribution < -0.4 is 0 Å². The first-order chi connectivity index (χ1) is 6.66. The van der Waals surface area contributed by atoms with Gasteiger partial charge in [0, 0.05) is 6.54 Å². The first-order valence-electron chi connectivity index (χ1n) is 4.10. The summed E-state index contributed by atoms with van der Waals surface area (Å²) in [6.45, 7) is 3.46. The van der Waals surface area contributed by atoms with E-state index in [0.29, 0.717) is 0 Å². The molecule has 0 N–H and O–H groups in total. The van der Waals surface area contributed by atoms with Crippen LogP contribution in [0.4, 0.5) is 4.39 Å². The molecular weight excluding hydrogens is 185 g/mol. The molecule has 0 aromatic heterocycles. The molecule has 0 saturated carbocycles. The number of carbonyl (C=O) groups excluding carboxylic acids is 2. The molecule has 0 saturated heterocycles. The van der Waals surface area contributed by atoms with Crippen molar-refractivity contribution in [3.8, 4) is 0 Å². The van der Waals surface area contributed by atoms with Crippen molar-refractivity contribution in [1.29, 1.82) is 0 Å². The van der Waals surface area contributed by atoms with E-state index in [4.69, 9.17) is 0 Å². The lowest BCUT2D eigenvalue weighted by Gasteiger charge is -2.08.